The number of benzene rings is 3. The molecule has 5 aromatic rings. The molecule has 3 aromatic carbocycles. The number of methoxy groups -OCH3 is 1. The van der Waals surface area contributed by atoms with Crippen LogP contribution in [-0.4, -0.2) is 21.7 Å². The number of aromatic nitrogens is 3. The number of aromatic amines is 1. The third kappa shape index (κ3) is 3.62. The number of hydrogen-bond donors (Lipinski definition) is 1. The van der Waals surface area contributed by atoms with Crippen LogP contribution in [-0.2, 0) is 6.42 Å². The lowest BCUT2D eigenvalue weighted by molar-refractivity contribution is 0.414. The van der Waals surface area contributed by atoms with E-state index in [9.17, 15) is 4.79 Å². The van der Waals surface area contributed by atoms with E-state index >= 15 is 0 Å². The molecule has 5 heteroatoms. The summed E-state index contributed by atoms with van der Waals surface area (Å²) in [5.41, 5.74) is 6.07. The number of hydrogen-bond acceptors (Lipinski definition) is 3. The van der Waals surface area contributed by atoms with Gasteiger partial charge in [0.05, 0.1) is 12.8 Å². The van der Waals surface area contributed by atoms with Crippen LogP contribution in [0, 0.1) is 0 Å². The summed E-state index contributed by atoms with van der Waals surface area (Å²) < 4.78 is 6.80. The minimum atomic E-state index is -0.137. The maximum atomic E-state index is 13.0. The standard InChI is InChI=1S/C26H21N3O2/c1-31-21-14-12-18(13-15-21)16-23-25(20-10-6-3-7-11-20)26-27-22(17-24(30)29(26)28-23)19-8-4-2-5-9-19/h2-15,17,28H,16H2,1H3. The van der Waals surface area contributed by atoms with Gasteiger partial charge in [-0.05, 0) is 23.3 Å². The van der Waals surface area contributed by atoms with Crippen molar-refractivity contribution < 1.29 is 4.74 Å². The SMILES string of the molecule is COc1ccc(Cc2[nH]n3c(=O)cc(-c4ccccc4)nc3c2-c2ccccc2)cc1. The fourth-order valence-corrected chi connectivity index (χ4v) is 3.82. The fraction of sp³-hybridized carbons (Fsp3) is 0.0769. The van der Waals surface area contributed by atoms with Crippen molar-refractivity contribution in [2.75, 3.05) is 7.11 Å². The lowest BCUT2D eigenvalue weighted by Crippen LogP contribution is -2.14. The molecule has 5 rings (SSSR count). The Balaban J connectivity index is 1.71. The van der Waals surface area contributed by atoms with Crippen LogP contribution in [0.1, 0.15) is 11.3 Å². The molecule has 0 atom stereocenters. The predicted octanol–water partition coefficient (Wildman–Crippen LogP) is 4.96. The van der Waals surface area contributed by atoms with E-state index in [0.29, 0.717) is 17.8 Å². The molecular formula is C26H21N3O2. The van der Waals surface area contributed by atoms with Gasteiger partial charge in [0.1, 0.15) is 5.75 Å². The Labute approximate surface area is 179 Å². The van der Waals surface area contributed by atoms with E-state index in [1.54, 1.807) is 13.2 Å². The molecule has 1 N–H and O–H groups in total. The Morgan fingerprint density at radius 3 is 2.16 bits per heavy atom. The van der Waals surface area contributed by atoms with Crippen LogP contribution in [0.3, 0.4) is 0 Å². The second-order valence-corrected chi connectivity index (χ2v) is 7.36. The summed E-state index contributed by atoms with van der Waals surface area (Å²) in [6, 6.07) is 29.4. The molecule has 0 spiro atoms. The molecule has 5 nitrogen and oxygen atoms in total. The molecule has 2 heterocycles. The summed E-state index contributed by atoms with van der Waals surface area (Å²) in [7, 11) is 1.66. The van der Waals surface area contributed by atoms with Gasteiger partial charge in [-0.1, -0.05) is 72.8 Å². The van der Waals surface area contributed by atoms with Crippen LogP contribution in [0.15, 0.2) is 95.8 Å². The quantitative estimate of drug-likeness (QED) is 0.448. The van der Waals surface area contributed by atoms with Crippen LogP contribution in [0.25, 0.3) is 28.0 Å². The van der Waals surface area contributed by atoms with E-state index in [4.69, 9.17) is 9.72 Å². The summed E-state index contributed by atoms with van der Waals surface area (Å²) in [5.74, 6) is 0.814. The first-order valence-electron chi connectivity index (χ1n) is 10.1. The Morgan fingerprint density at radius 2 is 1.52 bits per heavy atom. The highest BCUT2D eigenvalue weighted by atomic mass is 16.5. The van der Waals surface area contributed by atoms with E-state index in [2.05, 4.69) is 5.10 Å². The van der Waals surface area contributed by atoms with Crippen molar-refractivity contribution >= 4 is 5.65 Å². The first-order valence-corrected chi connectivity index (χ1v) is 10.1. The Hall–Kier alpha value is -4.12. The Bertz CT molecular complexity index is 1390. The molecule has 0 fully saturated rings. The molecule has 0 amide bonds. The second-order valence-electron chi connectivity index (χ2n) is 7.36. The third-order valence-corrected chi connectivity index (χ3v) is 5.36. The van der Waals surface area contributed by atoms with Crippen molar-refractivity contribution in [1.29, 1.82) is 0 Å². The molecule has 0 aliphatic heterocycles. The number of fused-ring (bicyclic) bond motifs is 1. The molecule has 0 aliphatic carbocycles. The van der Waals surface area contributed by atoms with Crippen molar-refractivity contribution in [2.45, 2.75) is 6.42 Å². The molecule has 0 radical (unpaired) electrons. The first-order chi connectivity index (χ1) is 15.2. The highest BCUT2D eigenvalue weighted by molar-refractivity contribution is 5.81. The molecule has 31 heavy (non-hydrogen) atoms. The molecule has 2 aromatic heterocycles. The summed E-state index contributed by atoms with van der Waals surface area (Å²) in [6.45, 7) is 0. The number of nitrogens with one attached hydrogen (secondary N) is 1. The highest BCUT2D eigenvalue weighted by Crippen LogP contribution is 2.30. The van der Waals surface area contributed by atoms with Gasteiger partial charge < -0.3 is 4.74 Å². The van der Waals surface area contributed by atoms with Crippen molar-refractivity contribution in [2.24, 2.45) is 0 Å². The average molecular weight is 407 g/mol. The van der Waals surface area contributed by atoms with Gasteiger partial charge in [0.25, 0.3) is 5.56 Å². The zero-order valence-electron chi connectivity index (χ0n) is 17.1. The average Bonchev–Trinajstić information content (AvgIpc) is 3.19. The maximum Gasteiger partial charge on any atom is 0.273 e. The third-order valence-electron chi connectivity index (χ3n) is 5.36. The van der Waals surface area contributed by atoms with E-state index in [-0.39, 0.29) is 5.56 Å². The topological polar surface area (TPSA) is 59.4 Å². The molecule has 0 unspecified atom stereocenters. The van der Waals surface area contributed by atoms with Crippen LogP contribution in [0.5, 0.6) is 5.75 Å². The van der Waals surface area contributed by atoms with Crippen molar-refractivity contribution in [3.63, 3.8) is 0 Å². The van der Waals surface area contributed by atoms with Gasteiger partial charge in [0.2, 0.25) is 0 Å². The largest absolute Gasteiger partial charge is 0.497 e. The second kappa shape index (κ2) is 7.95. The lowest BCUT2D eigenvalue weighted by Gasteiger charge is -2.06. The van der Waals surface area contributed by atoms with Crippen molar-refractivity contribution in [3.8, 4) is 28.1 Å². The van der Waals surface area contributed by atoms with Gasteiger partial charge in [-0.2, -0.15) is 0 Å². The Morgan fingerprint density at radius 1 is 0.871 bits per heavy atom. The van der Waals surface area contributed by atoms with Gasteiger partial charge in [-0.3, -0.25) is 9.89 Å². The smallest absolute Gasteiger partial charge is 0.273 e. The van der Waals surface area contributed by atoms with Gasteiger partial charge in [0, 0.05) is 29.3 Å². The van der Waals surface area contributed by atoms with Crippen LogP contribution < -0.4 is 10.3 Å². The molecule has 152 valence electrons. The van der Waals surface area contributed by atoms with Gasteiger partial charge in [0.15, 0.2) is 5.65 Å². The molecular weight excluding hydrogens is 386 g/mol. The molecule has 0 bridgehead atoms. The molecule has 0 aliphatic rings. The van der Waals surface area contributed by atoms with E-state index < -0.39 is 0 Å². The summed E-state index contributed by atoms with van der Waals surface area (Å²) in [6.07, 6.45) is 0.637. The first kappa shape index (κ1) is 18.9. The Kier molecular flexibility index (Phi) is 4.84. The van der Waals surface area contributed by atoms with Crippen molar-refractivity contribution in [3.05, 3.63) is 113 Å². The minimum absolute atomic E-state index is 0.137. The zero-order chi connectivity index (χ0) is 21.2. The van der Waals surface area contributed by atoms with Gasteiger partial charge in [-0.25, -0.2) is 9.50 Å². The van der Waals surface area contributed by atoms with E-state index in [1.165, 1.54) is 4.52 Å². The van der Waals surface area contributed by atoms with Gasteiger partial charge >= 0.3 is 0 Å². The lowest BCUT2D eigenvalue weighted by atomic mass is 10.0. The zero-order valence-corrected chi connectivity index (χ0v) is 17.1. The summed E-state index contributed by atoms with van der Waals surface area (Å²) in [5, 5.41) is 3.30. The van der Waals surface area contributed by atoms with E-state index in [1.807, 2.05) is 84.9 Å². The summed E-state index contributed by atoms with van der Waals surface area (Å²) >= 11 is 0. The maximum absolute atomic E-state index is 13.0. The normalized spacial score (nSPS) is 11.0. The van der Waals surface area contributed by atoms with Gasteiger partial charge in [-0.15, -0.1) is 0 Å². The molecule has 0 saturated heterocycles. The number of H-pyrrole nitrogens is 1. The van der Waals surface area contributed by atoms with Crippen LogP contribution in [0.4, 0.5) is 0 Å². The van der Waals surface area contributed by atoms with Crippen LogP contribution >= 0.6 is 0 Å². The minimum Gasteiger partial charge on any atom is -0.497 e. The number of ether oxygens (including phenoxy) is 1. The fourth-order valence-electron chi connectivity index (χ4n) is 3.82. The van der Waals surface area contributed by atoms with E-state index in [0.717, 1.165) is 33.7 Å². The van der Waals surface area contributed by atoms with Crippen LogP contribution in [0.2, 0.25) is 0 Å². The molecule has 0 saturated carbocycles. The predicted molar refractivity (Wildman–Crippen MR) is 122 cm³/mol. The monoisotopic (exact) mass is 407 g/mol. The number of rotatable bonds is 5. The number of nitrogens with zero attached hydrogens (tertiary/aromatic N) is 2. The highest BCUT2D eigenvalue weighted by Gasteiger charge is 2.18. The summed E-state index contributed by atoms with van der Waals surface area (Å²) in [4.78, 5) is 17.9. The van der Waals surface area contributed by atoms with Crippen molar-refractivity contribution in [1.82, 2.24) is 14.6 Å².